The first kappa shape index (κ1) is 15.0. The Balaban J connectivity index is 2.43. The van der Waals surface area contributed by atoms with Crippen molar-refractivity contribution in [2.45, 2.75) is 33.1 Å². The van der Waals surface area contributed by atoms with Crippen LogP contribution in [0.25, 0.3) is 10.9 Å². The average Bonchev–Trinajstić information content (AvgIpc) is 2.87. The van der Waals surface area contributed by atoms with E-state index in [4.69, 9.17) is 0 Å². The van der Waals surface area contributed by atoms with Crippen molar-refractivity contribution < 1.29 is 9.59 Å². The zero-order valence-corrected chi connectivity index (χ0v) is 12.5. The van der Waals surface area contributed by atoms with E-state index in [1.165, 1.54) is 10.5 Å². The van der Waals surface area contributed by atoms with Crippen molar-refractivity contribution in [3.8, 4) is 0 Å². The maximum atomic E-state index is 12.0. The lowest BCUT2D eigenvalue weighted by molar-refractivity contribution is -0.108. The number of nitrogens with one attached hydrogen (secondary N) is 2. The van der Waals surface area contributed by atoms with Crippen LogP contribution in [0.5, 0.6) is 0 Å². The smallest absolute Gasteiger partial charge is 0.280 e. The molecule has 1 heterocycles. The van der Waals surface area contributed by atoms with Crippen molar-refractivity contribution >= 4 is 29.2 Å². The summed E-state index contributed by atoms with van der Waals surface area (Å²) in [5.41, 5.74) is 2.09. The van der Waals surface area contributed by atoms with Crippen molar-refractivity contribution in [1.29, 1.82) is 0 Å². The predicted octanol–water partition coefficient (Wildman–Crippen LogP) is 2.77. The van der Waals surface area contributed by atoms with Crippen molar-refractivity contribution in [3.63, 3.8) is 0 Å². The molecular weight excluding hydrogens is 268 g/mol. The van der Waals surface area contributed by atoms with Gasteiger partial charge in [0, 0.05) is 11.9 Å². The monoisotopic (exact) mass is 288 g/mol. The molecule has 0 spiro atoms. The molecule has 1 aromatic heterocycles. The topological polar surface area (TPSA) is 78.1 Å². The van der Waals surface area contributed by atoms with Gasteiger partial charge < -0.3 is 0 Å². The van der Waals surface area contributed by atoms with Gasteiger partial charge in [0.2, 0.25) is 6.41 Å². The molecule has 1 aromatic carbocycles. The number of benzene rings is 1. The summed E-state index contributed by atoms with van der Waals surface area (Å²) in [5, 5.41) is 10.2. The van der Waals surface area contributed by atoms with Crippen LogP contribution in [0.15, 0.2) is 18.2 Å². The lowest BCUT2D eigenvalue weighted by atomic mass is 10.0. The highest BCUT2D eigenvalue weighted by molar-refractivity contribution is 6.03. The van der Waals surface area contributed by atoms with Gasteiger partial charge in [-0.15, -0.1) is 0 Å². The number of nitrogens with zero attached hydrogens (tertiary/aromatic N) is 2. The molecule has 0 saturated carbocycles. The highest BCUT2D eigenvalue weighted by Crippen LogP contribution is 2.27. The van der Waals surface area contributed by atoms with Gasteiger partial charge in [0.15, 0.2) is 5.82 Å². The molecule has 0 aliphatic heterocycles. The predicted molar refractivity (Wildman–Crippen MR) is 82.4 cm³/mol. The third-order valence-electron chi connectivity index (χ3n) is 3.36. The van der Waals surface area contributed by atoms with Crippen LogP contribution in [0.2, 0.25) is 0 Å². The van der Waals surface area contributed by atoms with Crippen molar-refractivity contribution in [2.75, 3.05) is 11.4 Å². The van der Waals surface area contributed by atoms with E-state index in [1.807, 2.05) is 25.1 Å². The molecule has 0 bridgehead atoms. The van der Waals surface area contributed by atoms with Gasteiger partial charge >= 0.3 is 6.03 Å². The summed E-state index contributed by atoms with van der Waals surface area (Å²) in [6.07, 6.45) is 1.15. The van der Waals surface area contributed by atoms with Crippen LogP contribution in [-0.4, -0.2) is 29.2 Å². The maximum Gasteiger partial charge on any atom is 0.329 e. The first-order chi connectivity index (χ1) is 10.1. The number of carbonyl (C=O) groups excluding carboxylic acids is 2. The Morgan fingerprint density at radius 2 is 2.24 bits per heavy atom. The summed E-state index contributed by atoms with van der Waals surface area (Å²) in [5.74, 6) is 0.966. The number of aromatic amines is 1. The Morgan fingerprint density at radius 1 is 1.48 bits per heavy atom. The first-order valence-corrected chi connectivity index (χ1v) is 7.08. The number of carbonyl (C=O) groups is 2. The summed E-state index contributed by atoms with van der Waals surface area (Å²) in [6, 6.07) is 5.57. The van der Waals surface area contributed by atoms with E-state index >= 15 is 0 Å². The Labute approximate surface area is 123 Å². The summed E-state index contributed by atoms with van der Waals surface area (Å²) in [7, 11) is 0. The second-order valence-electron chi connectivity index (χ2n) is 5.23. The van der Waals surface area contributed by atoms with Crippen LogP contribution in [0.3, 0.4) is 0 Å². The third kappa shape index (κ3) is 3.04. The number of fused-ring (bicyclic) bond motifs is 1. The summed E-state index contributed by atoms with van der Waals surface area (Å²) in [6.45, 7) is 6.71. The SMILES string of the molecule is CCCN(C(=O)NC=O)c1n[nH]c2cc(C(C)C)ccc12. The lowest BCUT2D eigenvalue weighted by Crippen LogP contribution is -2.40. The number of rotatable bonds is 5. The van der Waals surface area contributed by atoms with Crippen LogP contribution in [0.1, 0.15) is 38.7 Å². The number of hydrogen-bond donors (Lipinski definition) is 2. The van der Waals surface area contributed by atoms with E-state index in [1.54, 1.807) is 0 Å². The minimum atomic E-state index is -0.465. The molecule has 2 N–H and O–H groups in total. The fraction of sp³-hybridized carbons (Fsp3) is 0.400. The second-order valence-corrected chi connectivity index (χ2v) is 5.23. The highest BCUT2D eigenvalue weighted by atomic mass is 16.2. The van der Waals surface area contributed by atoms with Crippen molar-refractivity contribution in [2.24, 2.45) is 0 Å². The number of hydrogen-bond acceptors (Lipinski definition) is 3. The van der Waals surface area contributed by atoms with Gasteiger partial charge in [-0.2, -0.15) is 5.10 Å². The van der Waals surface area contributed by atoms with Crippen LogP contribution >= 0.6 is 0 Å². The summed E-state index contributed by atoms with van der Waals surface area (Å²) >= 11 is 0. The number of H-pyrrole nitrogens is 1. The Kier molecular flexibility index (Phi) is 4.57. The van der Waals surface area contributed by atoms with E-state index in [0.717, 1.165) is 17.3 Å². The van der Waals surface area contributed by atoms with E-state index in [0.29, 0.717) is 24.7 Å². The number of imide groups is 1. The summed E-state index contributed by atoms with van der Waals surface area (Å²) in [4.78, 5) is 23.9. The molecule has 0 fully saturated rings. The number of urea groups is 1. The van der Waals surface area contributed by atoms with Gasteiger partial charge in [-0.25, -0.2) is 4.79 Å². The molecule has 0 radical (unpaired) electrons. The van der Waals surface area contributed by atoms with Crippen LogP contribution in [-0.2, 0) is 4.79 Å². The molecule has 6 nitrogen and oxygen atoms in total. The fourth-order valence-corrected chi connectivity index (χ4v) is 2.24. The minimum Gasteiger partial charge on any atom is -0.280 e. The van der Waals surface area contributed by atoms with Gasteiger partial charge in [0.1, 0.15) is 0 Å². The van der Waals surface area contributed by atoms with Crippen molar-refractivity contribution in [3.05, 3.63) is 23.8 Å². The molecule has 2 rings (SSSR count). The first-order valence-electron chi connectivity index (χ1n) is 7.08. The van der Waals surface area contributed by atoms with Gasteiger partial charge in [0.05, 0.1) is 5.52 Å². The largest absolute Gasteiger partial charge is 0.329 e. The van der Waals surface area contributed by atoms with E-state index in [-0.39, 0.29) is 0 Å². The molecule has 0 atom stereocenters. The molecule has 2 aromatic rings. The molecule has 112 valence electrons. The third-order valence-corrected chi connectivity index (χ3v) is 3.36. The maximum absolute atomic E-state index is 12.0. The molecule has 0 aliphatic rings. The zero-order valence-electron chi connectivity index (χ0n) is 12.5. The van der Waals surface area contributed by atoms with E-state index in [2.05, 4.69) is 29.4 Å². The molecule has 0 unspecified atom stereocenters. The lowest BCUT2D eigenvalue weighted by Gasteiger charge is -2.18. The van der Waals surface area contributed by atoms with Crippen molar-refractivity contribution in [1.82, 2.24) is 15.5 Å². The van der Waals surface area contributed by atoms with Gasteiger partial charge in [-0.05, 0) is 30.0 Å². The molecule has 21 heavy (non-hydrogen) atoms. The molecule has 3 amide bonds. The average molecular weight is 288 g/mol. The quantitative estimate of drug-likeness (QED) is 0.830. The number of amides is 3. The second kappa shape index (κ2) is 6.39. The molecule has 6 heteroatoms. The Bertz CT molecular complexity index is 648. The van der Waals surface area contributed by atoms with Gasteiger partial charge in [0.25, 0.3) is 0 Å². The van der Waals surface area contributed by atoms with E-state index in [9.17, 15) is 9.59 Å². The minimum absolute atomic E-state index is 0.386. The highest BCUT2D eigenvalue weighted by Gasteiger charge is 2.20. The number of aromatic nitrogens is 2. The van der Waals surface area contributed by atoms with Crippen LogP contribution < -0.4 is 10.2 Å². The molecular formula is C15H20N4O2. The Morgan fingerprint density at radius 3 is 2.86 bits per heavy atom. The molecule has 0 saturated heterocycles. The molecule has 0 aliphatic carbocycles. The number of anilines is 1. The Hall–Kier alpha value is -2.37. The summed E-state index contributed by atoms with van der Waals surface area (Å²) < 4.78 is 0. The fourth-order valence-electron chi connectivity index (χ4n) is 2.24. The van der Waals surface area contributed by atoms with Gasteiger partial charge in [-0.1, -0.05) is 26.8 Å². The zero-order chi connectivity index (χ0) is 15.4. The van der Waals surface area contributed by atoms with E-state index < -0.39 is 6.03 Å². The van der Waals surface area contributed by atoms with Crippen LogP contribution in [0, 0.1) is 0 Å². The standard InChI is InChI=1S/C15H20N4O2/c1-4-7-19(15(21)16-9-20)14-12-6-5-11(10(2)3)8-13(12)17-18-14/h5-6,8-10H,4,7H2,1-3H3,(H,17,18)(H,16,20,21). The normalized spacial score (nSPS) is 10.9. The van der Waals surface area contributed by atoms with Crippen LogP contribution in [0.4, 0.5) is 10.6 Å². The van der Waals surface area contributed by atoms with Gasteiger partial charge in [-0.3, -0.25) is 20.1 Å².